The molecule has 0 spiro atoms. The van der Waals surface area contributed by atoms with Crippen molar-refractivity contribution >= 4 is 43.1 Å². The second-order valence-corrected chi connectivity index (χ2v) is 14.5. The van der Waals surface area contributed by atoms with Crippen LogP contribution in [0.5, 0.6) is 0 Å². The molecule has 9 aromatic carbocycles. The smallest absolute Gasteiger partial charge is 0.160 e. The first-order chi connectivity index (χ1) is 27.7. The summed E-state index contributed by atoms with van der Waals surface area (Å²) in [6.45, 7) is 0. The summed E-state index contributed by atoms with van der Waals surface area (Å²) in [6, 6.07) is 67.4. The SMILES string of the molecule is c1ccc2cc(-c3ccc(-c4nc(-c5ccc(-c6ccncc6)cc5)cc(-c5ccc(-c6ccc7ccc8cccc9ccc6c7c89)cc5)n4)cc3)ccc2c1. The molecule has 3 nitrogen and oxygen atoms in total. The highest BCUT2D eigenvalue weighted by molar-refractivity contribution is 6.25. The maximum Gasteiger partial charge on any atom is 0.160 e. The molecule has 2 aromatic heterocycles. The Labute approximate surface area is 324 Å². The van der Waals surface area contributed by atoms with Crippen LogP contribution in [0, 0.1) is 0 Å². The first kappa shape index (κ1) is 32.0. The van der Waals surface area contributed by atoms with Crippen LogP contribution < -0.4 is 0 Å². The number of rotatable bonds is 6. The Bertz CT molecular complexity index is 3190. The summed E-state index contributed by atoms with van der Waals surface area (Å²) in [5.74, 6) is 0.691. The predicted molar refractivity (Wildman–Crippen MR) is 234 cm³/mol. The van der Waals surface area contributed by atoms with Crippen molar-refractivity contribution in [2.45, 2.75) is 0 Å². The minimum atomic E-state index is 0.691. The van der Waals surface area contributed by atoms with Crippen LogP contribution in [-0.4, -0.2) is 15.0 Å². The maximum absolute atomic E-state index is 5.20. The number of hydrogen-bond acceptors (Lipinski definition) is 3. The molecule has 11 rings (SSSR count). The van der Waals surface area contributed by atoms with Crippen molar-refractivity contribution in [3.8, 4) is 67.3 Å². The van der Waals surface area contributed by atoms with E-state index in [-0.39, 0.29) is 0 Å². The molecule has 0 radical (unpaired) electrons. The van der Waals surface area contributed by atoms with E-state index >= 15 is 0 Å². The van der Waals surface area contributed by atoms with E-state index in [0.717, 1.165) is 44.8 Å². The monoisotopic (exact) mass is 711 g/mol. The van der Waals surface area contributed by atoms with Crippen molar-refractivity contribution in [2.24, 2.45) is 0 Å². The zero-order chi connectivity index (χ0) is 37.0. The van der Waals surface area contributed by atoms with Gasteiger partial charge in [-0.1, -0.05) is 164 Å². The van der Waals surface area contributed by atoms with E-state index in [1.807, 2.05) is 24.5 Å². The van der Waals surface area contributed by atoms with Crippen LogP contribution in [-0.2, 0) is 0 Å². The Morgan fingerprint density at radius 1 is 0.286 bits per heavy atom. The molecular formula is C53H33N3. The van der Waals surface area contributed by atoms with Crippen LogP contribution >= 0.6 is 0 Å². The van der Waals surface area contributed by atoms with Crippen molar-refractivity contribution in [2.75, 3.05) is 0 Å². The van der Waals surface area contributed by atoms with E-state index in [4.69, 9.17) is 9.97 Å². The Hall–Kier alpha value is -7.49. The van der Waals surface area contributed by atoms with E-state index in [0.29, 0.717) is 5.82 Å². The predicted octanol–water partition coefficient (Wildman–Crippen LogP) is 13.9. The molecule has 0 amide bonds. The van der Waals surface area contributed by atoms with Gasteiger partial charge in [0.2, 0.25) is 0 Å². The highest BCUT2D eigenvalue weighted by atomic mass is 14.9. The van der Waals surface area contributed by atoms with Gasteiger partial charge in [0.25, 0.3) is 0 Å². The Kier molecular flexibility index (Phi) is 7.49. The molecule has 56 heavy (non-hydrogen) atoms. The van der Waals surface area contributed by atoms with Crippen LogP contribution in [0.2, 0.25) is 0 Å². The molecule has 0 bridgehead atoms. The molecule has 0 aliphatic carbocycles. The number of benzene rings is 9. The van der Waals surface area contributed by atoms with E-state index < -0.39 is 0 Å². The number of pyridine rings is 1. The fourth-order valence-corrected chi connectivity index (χ4v) is 8.24. The van der Waals surface area contributed by atoms with Gasteiger partial charge in [0.15, 0.2) is 5.82 Å². The Morgan fingerprint density at radius 2 is 0.768 bits per heavy atom. The lowest BCUT2D eigenvalue weighted by atomic mass is 9.89. The Morgan fingerprint density at radius 3 is 1.46 bits per heavy atom. The summed E-state index contributed by atoms with van der Waals surface area (Å²) in [6.07, 6.45) is 3.65. The molecular weight excluding hydrogens is 679 g/mol. The van der Waals surface area contributed by atoms with Crippen LogP contribution in [0.1, 0.15) is 0 Å². The topological polar surface area (TPSA) is 38.7 Å². The zero-order valence-electron chi connectivity index (χ0n) is 30.4. The lowest BCUT2D eigenvalue weighted by molar-refractivity contribution is 1.18. The number of fused-ring (bicyclic) bond motifs is 1. The van der Waals surface area contributed by atoms with Gasteiger partial charge in [-0.05, 0) is 101 Å². The molecule has 0 atom stereocenters. The fourth-order valence-electron chi connectivity index (χ4n) is 8.24. The number of nitrogens with zero attached hydrogens (tertiary/aromatic N) is 3. The average molecular weight is 712 g/mol. The van der Waals surface area contributed by atoms with Crippen LogP contribution in [0.25, 0.3) is 110 Å². The highest BCUT2D eigenvalue weighted by Crippen LogP contribution is 2.40. The van der Waals surface area contributed by atoms with E-state index in [1.54, 1.807) is 0 Å². The molecule has 0 saturated carbocycles. The van der Waals surface area contributed by atoms with Gasteiger partial charge >= 0.3 is 0 Å². The van der Waals surface area contributed by atoms with Crippen molar-refractivity contribution in [1.82, 2.24) is 15.0 Å². The molecule has 260 valence electrons. The largest absolute Gasteiger partial charge is 0.265 e. The lowest BCUT2D eigenvalue weighted by Gasteiger charge is -2.14. The summed E-state index contributed by atoms with van der Waals surface area (Å²) in [5, 5.41) is 10.2. The van der Waals surface area contributed by atoms with Crippen molar-refractivity contribution in [1.29, 1.82) is 0 Å². The van der Waals surface area contributed by atoms with Gasteiger partial charge in [-0.2, -0.15) is 0 Å². The molecule has 11 aromatic rings. The summed E-state index contributed by atoms with van der Waals surface area (Å²) in [4.78, 5) is 14.5. The summed E-state index contributed by atoms with van der Waals surface area (Å²) < 4.78 is 0. The molecule has 2 heterocycles. The lowest BCUT2D eigenvalue weighted by Crippen LogP contribution is -1.96. The number of hydrogen-bond donors (Lipinski definition) is 0. The first-order valence-corrected chi connectivity index (χ1v) is 19.0. The van der Waals surface area contributed by atoms with Crippen molar-refractivity contribution in [3.05, 3.63) is 200 Å². The summed E-state index contributed by atoms with van der Waals surface area (Å²) in [5.41, 5.74) is 11.8. The van der Waals surface area contributed by atoms with Crippen LogP contribution in [0.3, 0.4) is 0 Å². The van der Waals surface area contributed by atoms with Gasteiger partial charge in [-0.15, -0.1) is 0 Å². The highest BCUT2D eigenvalue weighted by Gasteiger charge is 2.15. The minimum absolute atomic E-state index is 0.691. The molecule has 0 N–H and O–H groups in total. The second kappa shape index (κ2) is 13.1. The first-order valence-electron chi connectivity index (χ1n) is 19.0. The third kappa shape index (κ3) is 5.57. The minimum Gasteiger partial charge on any atom is -0.265 e. The third-order valence-electron chi connectivity index (χ3n) is 11.2. The van der Waals surface area contributed by atoms with Crippen molar-refractivity contribution < 1.29 is 0 Å². The van der Waals surface area contributed by atoms with Gasteiger partial charge in [0.1, 0.15) is 0 Å². The molecule has 0 unspecified atom stereocenters. The zero-order valence-corrected chi connectivity index (χ0v) is 30.4. The fraction of sp³-hybridized carbons (Fsp3) is 0. The quantitative estimate of drug-likeness (QED) is 0.161. The van der Waals surface area contributed by atoms with E-state index in [1.165, 1.54) is 59.8 Å². The van der Waals surface area contributed by atoms with Gasteiger partial charge in [0, 0.05) is 29.1 Å². The van der Waals surface area contributed by atoms with Gasteiger partial charge < -0.3 is 0 Å². The van der Waals surface area contributed by atoms with E-state index in [2.05, 4.69) is 181 Å². The van der Waals surface area contributed by atoms with Crippen LogP contribution in [0.15, 0.2) is 200 Å². The summed E-state index contributed by atoms with van der Waals surface area (Å²) >= 11 is 0. The molecule has 0 saturated heterocycles. The second-order valence-electron chi connectivity index (χ2n) is 14.5. The number of aromatic nitrogens is 3. The van der Waals surface area contributed by atoms with Crippen LogP contribution in [0.4, 0.5) is 0 Å². The van der Waals surface area contributed by atoms with Crippen molar-refractivity contribution in [3.63, 3.8) is 0 Å². The average Bonchev–Trinajstić information content (AvgIpc) is 3.28. The maximum atomic E-state index is 5.20. The van der Waals surface area contributed by atoms with Gasteiger partial charge in [-0.3, -0.25) is 4.98 Å². The molecule has 3 heteroatoms. The third-order valence-corrected chi connectivity index (χ3v) is 11.2. The molecule has 0 aliphatic rings. The summed E-state index contributed by atoms with van der Waals surface area (Å²) in [7, 11) is 0. The standard InChI is InChI=1S/C53H33N3/c1-2-5-45-32-46(23-12-34(45)4-1)36-10-21-44(22-11-36)53-55-49(39-15-8-35(9-16-39)37-28-30-54-31-29-37)33-50(56-53)40-17-13-38(14-18-40)47-26-24-43-20-19-41-6-3-7-42-25-27-48(47)52(43)51(41)42/h1-33H. The van der Waals surface area contributed by atoms with Gasteiger partial charge in [0.05, 0.1) is 11.4 Å². The van der Waals surface area contributed by atoms with Gasteiger partial charge in [-0.25, -0.2) is 9.97 Å². The molecule has 0 aliphatic heterocycles. The Balaban J connectivity index is 0.989. The normalized spacial score (nSPS) is 11.6. The van der Waals surface area contributed by atoms with E-state index in [9.17, 15) is 0 Å². The molecule has 0 fully saturated rings.